The van der Waals surface area contributed by atoms with Crippen LogP contribution in [0.3, 0.4) is 0 Å². The van der Waals surface area contributed by atoms with E-state index in [-0.39, 0.29) is 50.2 Å². The van der Waals surface area contributed by atoms with Gasteiger partial charge in [-0.3, -0.25) is 14.4 Å². The second-order valence-corrected chi connectivity index (χ2v) is 11.0. The van der Waals surface area contributed by atoms with Gasteiger partial charge in [-0.05, 0) is 35.2 Å². The molecule has 2 aliphatic rings. The lowest BCUT2D eigenvalue weighted by atomic mass is 9.90. The van der Waals surface area contributed by atoms with Gasteiger partial charge in [0.1, 0.15) is 18.0 Å². The van der Waals surface area contributed by atoms with E-state index in [4.69, 9.17) is 4.74 Å². The van der Waals surface area contributed by atoms with Gasteiger partial charge in [0.25, 0.3) is 0 Å². The molecule has 0 bridgehead atoms. The number of carboxylic acid groups (broad SMARTS) is 1. The summed E-state index contributed by atoms with van der Waals surface area (Å²) < 4.78 is 5.21. The summed E-state index contributed by atoms with van der Waals surface area (Å²) in [4.78, 5) is 55.8. The molecule has 2 N–H and O–H groups in total. The number of carbonyl (C=O) groups is 4. The number of piperazine rings is 1. The Morgan fingerprint density at radius 2 is 1.57 bits per heavy atom. The number of nitrogens with zero attached hydrogens (tertiary/aromatic N) is 4. The first-order valence-corrected chi connectivity index (χ1v) is 14.6. The Morgan fingerprint density at radius 3 is 2.14 bits per heavy atom. The van der Waals surface area contributed by atoms with E-state index in [9.17, 15) is 24.3 Å². The maximum absolute atomic E-state index is 14.1. The summed E-state index contributed by atoms with van der Waals surface area (Å²) in [6.45, 7) is 0.480. The summed E-state index contributed by atoms with van der Waals surface area (Å²) in [6, 6.07) is 25.6. The number of benzene rings is 3. The number of carbonyl (C=O) groups excluding carboxylic acids is 3. The first kappa shape index (κ1) is 30.6. The number of hydrazine groups is 1. The highest BCUT2D eigenvalue weighted by atomic mass is 16.5. The van der Waals surface area contributed by atoms with Crippen molar-refractivity contribution < 1.29 is 29.0 Å². The summed E-state index contributed by atoms with van der Waals surface area (Å²) in [7, 11) is 3.24. The first-order valence-electron chi connectivity index (χ1n) is 14.6. The van der Waals surface area contributed by atoms with Crippen molar-refractivity contribution in [2.24, 2.45) is 0 Å². The Balaban J connectivity index is 1.45. The molecule has 4 amide bonds. The van der Waals surface area contributed by atoms with Crippen molar-refractivity contribution in [2.45, 2.75) is 37.5 Å². The Morgan fingerprint density at radius 1 is 0.955 bits per heavy atom. The quantitative estimate of drug-likeness (QED) is 0.367. The van der Waals surface area contributed by atoms with Crippen LogP contribution < -0.4 is 10.1 Å². The van der Waals surface area contributed by atoms with Crippen molar-refractivity contribution >= 4 is 23.8 Å². The normalized spacial score (nSPS) is 18.8. The Labute approximate surface area is 256 Å². The Hall–Kier alpha value is -4.90. The number of amides is 4. The zero-order valence-electron chi connectivity index (χ0n) is 24.8. The number of nitrogens with one attached hydrogen (secondary N) is 1. The van der Waals surface area contributed by atoms with Gasteiger partial charge in [0, 0.05) is 32.5 Å². The van der Waals surface area contributed by atoms with Crippen LogP contribution >= 0.6 is 0 Å². The van der Waals surface area contributed by atoms with Crippen LogP contribution in [0.1, 0.15) is 35.4 Å². The van der Waals surface area contributed by atoms with Gasteiger partial charge >= 0.3 is 12.0 Å². The molecule has 2 atom stereocenters. The number of carboxylic acids is 1. The summed E-state index contributed by atoms with van der Waals surface area (Å²) in [5, 5.41) is 15.4. The fourth-order valence-electron chi connectivity index (χ4n) is 6.00. The molecule has 44 heavy (non-hydrogen) atoms. The van der Waals surface area contributed by atoms with Gasteiger partial charge in [-0.2, -0.15) is 0 Å². The fourth-order valence-corrected chi connectivity index (χ4v) is 6.00. The maximum atomic E-state index is 14.1. The molecule has 0 unspecified atom stereocenters. The highest BCUT2D eigenvalue weighted by molar-refractivity contribution is 5.91. The topological polar surface area (TPSA) is 123 Å². The van der Waals surface area contributed by atoms with Crippen LogP contribution in [-0.2, 0) is 20.9 Å². The van der Waals surface area contributed by atoms with Crippen LogP contribution in [0.5, 0.6) is 5.75 Å². The third-order valence-corrected chi connectivity index (χ3v) is 8.19. The summed E-state index contributed by atoms with van der Waals surface area (Å²) in [5.41, 5.74) is 2.89. The molecule has 0 spiro atoms. The zero-order chi connectivity index (χ0) is 31.2. The number of methoxy groups -OCH3 is 1. The number of fused-ring (bicyclic) bond motifs is 1. The van der Waals surface area contributed by atoms with Gasteiger partial charge in [-0.15, -0.1) is 0 Å². The molecule has 0 saturated carbocycles. The smallest absolute Gasteiger partial charge is 0.334 e. The van der Waals surface area contributed by atoms with Crippen molar-refractivity contribution in [3.63, 3.8) is 0 Å². The summed E-state index contributed by atoms with van der Waals surface area (Å²) in [5.74, 6) is -1.19. The predicted octanol–water partition coefficient (Wildman–Crippen LogP) is 3.13. The minimum absolute atomic E-state index is 0.0563. The van der Waals surface area contributed by atoms with Crippen LogP contribution in [0.2, 0.25) is 0 Å². The third-order valence-electron chi connectivity index (χ3n) is 8.19. The molecule has 2 saturated heterocycles. The van der Waals surface area contributed by atoms with Crippen LogP contribution in [0.15, 0.2) is 84.9 Å². The van der Waals surface area contributed by atoms with E-state index in [1.807, 2.05) is 84.9 Å². The molecule has 11 nitrogen and oxygen atoms in total. The van der Waals surface area contributed by atoms with E-state index in [1.54, 1.807) is 24.1 Å². The number of ether oxygens (including phenoxy) is 1. The zero-order valence-corrected chi connectivity index (χ0v) is 24.8. The van der Waals surface area contributed by atoms with E-state index < -0.39 is 24.2 Å². The van der Waals surface area contributed by atoms with Crippen LogP contribution in [0.25, 0.3) is 0 Å². The van der Waals surface area contributed by atoms with Crippen molar-refractivity contribution in [3.05, 3.63) is 102 Å². The fraction of sp³-hybridized carbons (Fsp3) is 0.333. The lowest BCUT2D eigenvalue weighted by molar-refractivity contribution is -0.187. The van der Waals surface area contributed by atoms with Crippen molar-refractivity contribution in [3.8, 4) is 5.75 Å². The van der Waals surface area contributed by atoms with Gasteiger partial charge in [-0.1, -0.05) is 72.8 Å². The predicted molar refractivity (Wildman–Crippen MR) is 162 cm³/mol. The molecule has 11 heteroatoms. The summed E-state index contributed by atoms with van der Waals surface area (Å²) >= 11 is 0. The van der Waals surface area contributed by atoms with Crippen LogP contribution in [0, 0.1) is 0 Å². The largest absolute Gasteiger partial charge is 0.497 e. The molecule has 230 valence electrons. The highest BCUT2D eigenvalue weighted by Crippen LogP contribution is 2.32. The minimum Gasteiger partial charge on any atom is -0.497 e. The number of hydrogen-bond donors (Lipinski definition) is 2. The number of likely N-dealkylation sites (N-methyl/N-ethyl adjacent to an activating group) is 1. The maximum Gasteiger partial charge on any atom is 0.334 e. The Bertz CT molecular complexity index is 1430. The number of hydrogen-bond acceptors (Lipinski definition) is 6. The van der Waals surface area contributed by atoms with E-state index in [2.05, 4.69) is 5.32 Å². The molecule has 2 heterocycles. The lowest BCUT2D eigenvalue weighted by Gasteiger charge is -2.54. The summed E-state index contributed by atoms with van der Waals surface area (Å²) in [6.07, 6.45) is -1.17. The van der Waals surface area contributed by atoms with E-state index in [0.717, 1.165) is 16.7 Å². The van der Waals surface area contributed by atoms with Gasteiger partial charge in [-0.25, -0.2) is 14.8 Å². The van der Waals surface area contributed by atoms with Gasteiger partial charge in [0.05, 0.1) is 20.2 Å². The van der Waals surface area contributed by atoms with Crippen molar-refractivity contribution in [1.29, 1.82) is 0 Å². The van der Waals surface area contributed by atoms with Gasteiger partial charge < -0.3 is 25.0 Å². The van der Waals surface area contributed by atoms with E-state index in [1.165, 1.54) is 9.91 Å². The monoisotopic (exact) mass is 599 g/mol. The molecule has 0 radical (unpaired) electrons. The molecule has 2 aliphatic heterocycles. The van der Waals surface area contributed by atoms with Gasteiger partial charge in [0.15, 0.2) is 0 Å². The SMILES string of the molecule is COc1ccc(CNC(=O)N2[C@H]3CN(CC(c4ccccc4)c4ccccc4)C(=O)[C@H](CCC(=O)O)N3C(=O)CN2C)cc1. The van der Waals surface area contributed by atoms with Crippen molar-refractivity contribution in [1.82, 2.24) is 25.1 Å². The van der Waals surface area contributed by atoms with Gasteiger partial charge in [0.2, 0.25) is 11.8 Å². The molecule has 0 aromatic heterocycles. The van der Waals surface area contributed by atoms with Crippen molar-refractivity contribution in [2.75, 3.05) is 33.8 Å². The standard InChI is InChI=1S/C33H37N5O6/c1-35-22-30(39)37-28(17-18-31(40)41)32(42)36(20-27(24-9-5-3-6-10-24)25-11-7-4-8-12-25)21-29(37)38(35)33(43)34-19-23-13-15-26(44-2)16-14-23/h3-16,27-29H,17-22H2,1-2H3,(H,34,43)(H,40,41)/t28-,29-/m0/s1. The molecular formula is C33H37N5O6. The minimum atomic E-state index is -1.06. The van der Waals surface area contributed by atoms with Crippen LogP contribution in [0.4, 0.5) is 4.79 Å². The average molecular weight is 600 g/mol. The third kappa shape index (κ3) is 6.68. The first-order chi connectivity index (χ1) is 21.3. The van der Waals surface area contributed by atoms with E-state index >= 15 is 0 Å². The highest BCUT2D eigenvalue weighted by Gasteiger charge is 2.51. The number of urea groups is 1. The number of aliphatic carboxylic acids is 1. The molecule has 0 aliphatic carbocycles. The number of rotatable bonds is 10. The lowest BCUT2D eigenvalue weighted by Crippen LogP contribution is -2.76. The second-order valence-electron chi connectivity index (χ2n) is 11.0. The van der Waals surface area contributed by atoms with Crippen LogP contribution in [-0.4, -0.2) is 94.7 Å². The van der Waals surface area contributed by atoms with E-state index in [0.29, 0.717) is 12.3 Å². The molecule has 3 aromatic rings. The molecule has 2 fully saturated rings. The molecular weight excluding hydrogens is 562 g/mol. The Kier molecular flexibility index (Phi) is 9.44. The molecule has 5 rings (SSSR count). The average Bonchev–Trinajstić information content (AvgIpc) is 3.03. The molecule has 3 aromatic carbocycles. The second kappa shape index (κ2) is 13.6.